The third-order valence-corrected chi connectivity index (χ3v) is 3.22. The molecule has 1 aromatic carbocycles. The maximum Gasteiger partial charge on any atom is 0.142 e. The van der Waals surface area contributed by atoms with Gasteiger partial charge < -0.3 is 5.73 Å². The molecule has 1 atom stereocenters. The van der Waals surface area contributed by atoms with E-state index >= 15 is 0 Å². The second-order valence-electron chi connectivity index (χ2n) is 4.32. The molecule has 1 unspecified atom stereocenters. The Morgan fingerprint density at radius 2 is 2.17 bits per heavy atom. The molecule has 2 rings (SSSR count). The minimum absolute atomic E-state index is 0.147. The van der Waals surface area contributed by atoms with Crippen molar-refractivity contribution in [3.63, 3.8) is 0 Å². The highest BCUT2D eigenvalue weighted by molar-refractivity contribution is 6.31. The third kappa shape index (κ3) is 2.86. The topological polar surface area (TPSA) is 38.9 Å². The van der Waals surface area contributed by atoms with Gasteiger partial charge in [0.25, 0.3) is 0 Å². The molecule has 1 aromatic heterocycles. The molecule has 0 spiro atoms. The van der Waals surface area contributed by atoms with Crippen LogP contribution in [-0.2, 0) is 6.42 Å². The molecule has 0 aliphatic heterocycles. The van der Waals surface area contributed by atoms with Crippen LogP contribution in [0, 0.1) is 12.7 Å². The van der Waals surface area contributed by atoms with Gasteiger partial charge in [0.2, 0.25) is 0 Å². The summed E-state index contributed by atoms with van der Waals surface area (Å²) in [6.07, 6.45) is 3.98. The number of pyridine rings is 1. The van der Waals surface area contributed by atoms with Gasteiger partial charge in [-0.2, -0.15) is 0 Å². The number of benzene rings is 1. The quantitative estimate of drug-likeness (QED) is 0.923. The molecule has 0 fully saturated rings. The van der Waals surface area contributed by atoms with E-state index in [-0.39, 0.29) is 11.1 Å². The zero-order chi connectivity index (χ0) is 13.1. The van der Waals surface area contributed by atoms with Crippen molar-refractivity contribution in [2.24, 2.45) is 5.73 Å². The number of aromatic nitrogens is 1. The van der Waals surface area contributed by atoms with Gasteiger partial charge in [0.05, 0.1) is 5.02 Å². The molecule has 2 aromatic rings. The van der Waals surface area contributed by atoms with Crippen molar-refractivity contribution in [3.05, 3.63) is 64.2 Å². The highest BCUT2D eigenvalue weighted by Gasteiger charge is 2.12. The lowest BCUT2D eigenvalue weighted by Crippen LogP contribution is -2.14. The monoisotopic (exact) mass is 264 g/mol. The summed E-state index contributed by atoms with van der Waals surface area (Å²) < 4.78 is 13.3. The smallest absolute Gasteiger partial charge is 0.142 e. The number of hydrogen-bond donors (Lipinski definition) is 1. The Hall–Kier alpha value is -1.45. The van der Waals surface area contributed by atoms with Gasteiger partial charge in [-0.3, -0.25) is 4.98 Å². The van der Waals surface area contributed by atoms with Crippen molar-refractivity contribution in [1.82, 2.24) is 4.98 Å². The van der Waals surface area contributed by atoms with E-state index in [0.717, 1.165) is 11.1 Å². The number of hydrogen-bond acceptors (Lipinski definition) is 2. The molecule has 2 N–H and O–H groups in total. The van der Waals surface area contributed by atoms with Gasteiger partial charge in [-0.1, -0.05) is 29.8 Å². The maximum absolute atomic E-state index is 13.3. The average Bonchev–Trinajstić information content (AvgIpc) is 2.35. The Balaban J connectivity index is 2.21. The first kappa shape index (κ1) is 13.0. The second-order valence-corrected chi connectivity index (χ2v) is 4.70. The lowest BCUT2D eigenvalue weighted by molar-refractivity contribution is 0.622. The van der Waals surface area contributed by atoms with E-state index in [0.29, 0.717) is 12.0 Å². The summed E-state index contributed by atoms with van der Waals surface area (Å²) in [6.45, 7) is 1.96. The highest BCUT2D eigenvalue weighted by atomic mass is 35.5. The van der Waals surface area contributed by atoms with Crippen LogP contribution in [0.25, 0.3) is 0 Å². The molecule has 0 amide bonds. The predicted molar refractivity (Wildman–Crippen MR) is 71.0 cm³/mol. The standard InChI is InChI=1S/C14H14ClFN2/c1-9-5-11(8-18-7-9)13(17)6-10-3-2-4-12(16)14(10)15/h2-5,7-8,13H,6,17H2,1H3. The SMILES string of the molecule is Cc1cncc(C(N)Cc2cccc(F)c2Cl)c1. The van der Waals surface area contributed by atoms with E-state index < -0.39 is 5.82 Å². The van der Waals surface area contributed by atoms with Crippen LogP contribution in [0.3, 0.4) is 0 Å². The van der Waals surface area contributed by atoms with Gasteiger partial charge in [0.15, 0.2) is 0 Å². The average molecular weight is 265 g/mol. The van der Waals surface area contributed by atoms with Gasteiger partial charge in [0.1, 0.15) is 5.82 Å². The molecule has 0 radical (unpaired) electrons. The molecular formula is C14H14ClFN2. The molecule has 0 aliphatic carbocycles. The van der Waals surface area contributed by atoms with E-state index in [2.05, 4.69) is 4.98 Å². The Kier molecular flexibility index (Phi) is 3.94. The summed E-state index contributed by atoms with van der Waals surface area (Å²) in [5, 5.41) is 0.147. The summed E-state index contributed by atoms with van der Waals surface area (Å²) in [6, 6.07) is 6.50. The lowest BCUT2D eigenvalue weighted by atomic mass is 10.00. The second kappa shape index (κ2) is 5.46. The van der Waals surface area contributed by atoms with Crippen LogP contribution in [-0.4, -0.2) is 4.98 Å². The molecule has 2 nitrogen and oxygen atoms in total. The van der Waals surface area contributed by atoms with Crippen molar-refractivity contribution >= 4 is 11.6 Å². The predicted octanol–water partition coefficient (Wildman–Crippen LogP) is 3.43. The van der Waals surface area contributed by atoms with Crippen molar-refractivity contribution in [2.75, 3.05) is 0 Å². The van der Waals surface area contributed by atoms with Crippen LogP contribution in [0.1, 0.15) is 22.7 Å². The molecule has 94 valence electrons. The van der Waals surface area contributed by atoms with Crippen LogP contribution in [0.15, 0.2) is 36.7 Å². The summed E-state index contributed by atoms with van der Waals surface area (Å²) in [7, 11) is 0. The minimum Gasteiger partial charge on any atom is -0.324 e. The van der Waals surface area contributed by atoms with E-state index in [1.54, 1.807) is 24.5 Å². The van der Waals surface area contributed by atoms with Crippen LogP contribution in [0.5, 0.6) is 0 Å². The number of nitrogens with zero attached hydrogens (tertiary/aromatic N) is 1. The Morgan fingerprint density at radius 1 is 1.39 bits per heavy atom. The van der Waals surface area contributed by atoms with Crippen LogP contribution >= 0.6 is 11.6 Å². The van der Waals surface area contributed by atoms with Gasteiger partial charge in [-0.15, -0.1) is 0 Å². The zero-order valence-corrected chi connectivity index (χ0v) is 10.8. The molecule has 1 heterocycles. The molecule has 4 heteroatoms. The van der Waals surface area contributed by atoms with Gasteiger partial charge in [0, 0.05) is 18.4 Å². The van der Waals surface area contributed by atoms with E-state index in [4.69, 9.17) is 17.3 Å². The summed E-state index contributed by atoms with van der Waals surface area (Å²) >= 11 is 5.91. The number of aryl methyl sites for hydroxylation is 1. The lowest BCUT2D eigenvalue weighted by Gasteiger charge is -2.13. The Bertz CT molecular complexity index is 557. The van der Waals surface area contributed by atoms with Crippen molar-refractivity contribution in [2.45, 2.75) is 19.4 Å². The number of halogens is 2. The van der Waals surface area contributed by atoms with Gasteiger partial charge >= 0.3 is 0 Å². The fourth-order valence-corrected chi connectivity index (χ4v) is 2.05. The maximum atomic E-state index is 13.3. The van der Waals surface area contributed by atoms with Gasteiger partial charge in [-0.05, 0) is 36.1 Å². The number of nitrogens with two attached hydrogens (primary N) is 1. The summed E-state index contributed by atoms with van der Waals surface area (Å²) in [4.78, 5) is 4.10. The van der Waals surface area contributed by atoms with Crippen LogP contribution in [0.2, 0.25) is 5.02 Å². The summed E-state index contributed by atoms with van der Waals surface area (Å²) in [5.41, 5.74) is 8.78. The minimum atomic E-state index is -0.413. The Morgan fingerprint density at radius 3 is 2.89 bits per heavy atom. The fourth-order valence-electron chi connectivity index (χ4n) is 1.84. The molecule has 18 heavy (non-hydrogen) atoms. The fraction of sp³-hybridized carbons (Fsp3) is 0.214. The van der Waals surface area contributed by atoms with E-state index in [9.17, 15) is 4.39 Å². The van der Waals surface area contributed by atoms with E-state index in [1.165, 1.54) is 6.07 Å². The highest BCUT2D eigenvalue weighted by Crippen LogP contribution is 2.24. The molecule has 0 saturated carbocycles. The third-order valence-electron chi connectivity index (χ3n) is 2.80. The van der Waals surface area contributed by atoms with Crippen molar-refractivity contribution in [1.29, 1.82) is 0 Å². The zero-order valence-electron chi connectivity index (χ0n) is 10.0. The normalized spacial score (nSPS) is 12.4. The first-order chi connectivity index (χ1) is 8.58. The molecule has 0 bridgehead atoms. The van der Waals surface area contributed by atoms with Crippen LogP contribution < -0.4 is 5.73 Å². The van der Waals surface area contributed by atoms with Crippen molar-refractivity contribution in [3.8, 4) is 0 Å². The molecule has 0 aliphatic rings. The Labute approximate surface area is 111 Å². The summed E-state index contributed by atoms with van der Waals surface area (Å²) in [5.74, 6) is -0.413. The van der Waals surface area contributed by atoms with Gasteiger partial charge in [-0.25, -0.2) is 4.39 Å². The first-order valence-corrected chi connectivity index (χ1v) is 6.05. The van der Waals surface area contributed by atoms with Crippen molar-refractivity contribution < 1.29 is 4.39 Å². The first-order valence-electron chi connectivity index (χ1n) is 5.68. The number of rotatable bonds is 3. The molecular weight excluding hydrogens is 251 g/mol. The van der Waals surface area contributed by atoms with Crippen LogP contribution in [0.4, 0.5) is 4.39 Å². The van der Waals surface area contributed by atoms with E-state index in [1.807, 2.05) is 13.0 Å². The largest absolute Gasteiger partial charge is 0.324 e. The molecule has 0 saturated heterocycles.